The zero-order valence-electron chi connectivity index (χ0n) is 19.9. The quantitative estimate of drug-likeness (QED) is 0.589. The zero-order valence-corrected chi connectivity index (χ0v) is 19.9. The Hall–Kier alpha value is -3.54. The molecule has 1 saturated carbocycles. The molecule has 9 heteroatoms. The van der Waals surface area contributed by atoms with Crippen molar-refractivity contribution in [3.8, 4) is 11.8 Å². The Balaban J connectivity index is 1.37. The van der Waals surface area contributed by atoms with Crippen LogP contribution in [0.2, 0.25) is 0 Å². The number of piperidine rings is 3. The number of nitrogens with zero attached hydrogens (tertiary/aromatic N) is 2. The Morgan fingerprint density at radius 2 is 2.06 bits per heavy atom. The van der Waals surface area contributed by atoms with Crippen LogP contribution >= 0.6 is 0 Å². The fourth-order valence-corrected chi connectivity index (χ4v) is 6.09. The van der Waals surface area contributed by atoms with Gasteiger partial charge in [0.1, 0.15) is 23.5 Å². The van der Waals surface area contributed by atoms with Gasteiger partial charge in [0.25, 0.3) is 5.91 Å². The largest absolute Gasteiger partial charge is 0.496 e. The van der Waals surface area contributed by atoms with Crippen LogP contribution in [0.5, 0.6) is 5.75 Å². The highest BCUT2D eigenvalue weighted by Gasteiger charge is 2.48. The van der Waals surface area contributed by atoms with Gasteiger partial charge in [-0.05, 0) is 69.1 Å². The fourth-order valence-electron chi connectivity index (χ4n) is 6.09. The maximum atomic E-state index is 13.7. The van der Waals surface area contributed by atoms with Gasteiger partial charge in [-0.25, -0.2) is 0 Å². The molecular formula is C26H31N5O4. The molecule has 3 atom stereocenters. The molecule has 0 spiro atoms. The van der Waals surface area contributed by atoms with Crippen LogP contribution in [0.25, 0.3) is 10.9 Å². The Bertz CT molecular complexity index is 1180. The topological polar surface area (TPSA) is 127 Å². The Kier molecular flexibility index (Phi) is 6.37. The minimum absolute atomic E-state index is 0.0128. The molecule has 2 bridgehead atoms. The molecule has 3 saturated heterocycles. The summed E-state index contributed by atoms with van der Waals surface area (Å²) in [6.07, 6.45) is 5.37. The van der Waals surface area contributed by atoms with E-state index in [-0.39, 0.29) is 42.0 Å². The molecule has 3 N–H and O–H groups in total. The van der Waals surface area contributed by atoms with E-state index in [1.165, 1.54) is 0 Å². The lowest BCUT2D eigenvalue weighted by molar-refractivity contribution is -0.134. The van der Waals surface area contributed by atoms with E-state index in [2.05, 4.69) is 21.7 Å². The third-order valence-corrected chi connectivity index (χ3v) is 7.85. The van der Waals surface area contributed by atoms with Gasteiger partial charge in [0.2, 0.25) is 11.8 Å². The van der Waals surface area contributed by atoms with Crippen molar-refractivity contribution in [2.45, 2.75) is 63.1 Å². The van der Waals surface area contributed by atoms with Crippen molar-refractivity contribution in [1.29, 1.82) is 5.26 Å². The van der Waals surface area contributed by atoms with Crippen LogP contribution in [0.15, 0.2) is 24.3 Å². The van der Waals surface area contributed by atoms with Crippen LogP contribution in [-0.4, -0.2) is 59.4 Å². The first kappa shape index (κ1) is 23.2. The van der Waals surface area contributed by atoms with E-state index < -0.39 is 12.1 Å². The second-order valence-corrected chi connectivity index (χ2v) is 9.89. The lowest BCUT2D eigenvalue weighted by Gasteiger charge is -2.50. The molecule has 2 aromatic rings. The maximum Gasteiger partial charge on any atom is 0.271 e. The second-order valence-electron chi connectivity index (χ2n) is 9.89. The minimum atomic E-state index is -0.772. The number of hydrogen-bond donors (Lipinski definition) is 3. The number of carbonyl (C=O) groups excluding carboxylic acids is 3. The lowest BCUT2D eigenvalue weighted by Crippen LogP contribution is -2.63. The van der Waals surface area contributed by atoms with Crippen LogP contribution < -0.4 is 15.4 Å². The number of aromatic nitrogens is 1. The van der Waals surface area contributed by atoms with Crippen molar-refractivity contribution < 1.29 is 19.1 Å². The number of amides is 3. The smallest absolute Gasteiger partial charge is 0.271 e. The summed E-state index contributed by atoms with van der Waals surface area (Å²) in [6.45, 7) is 0.654. The van der Waals surface area contributed by atoms with E-state index in [0.717, 1.165) is 43.0 Å². The number of H-pyrrole nitrogens is 1. The number of aromatic amines is 1. The van der Waals surface area contributed by atoms with Crippen molar-refractivity contribution in [1.82, 2.24) is 20.5 Å². The van der Waals surface area contributed by atoms with Gasteiger partial charge in [-0.3, -0.25) is 14.4 Å². The minimum Gasteiger partial charge on any atom is -0.496 e. The fraction of sp³-hybridized carbons (Fsp3) is 0.538. The van der Waals surface area contributed by atoms with Crippen LogP contribution in [-0.2, 0) is 9.59 Å². The van der Waals surface area contributed by atoms with Crippen LogP contribution in [0.1, 0.15) is 55.4 Å². The van der Waals surface area contributed by atoms with Gasteiger partial charge in [-0.2, -0.15) is 5.26 Å². The summed E-state index contributed by atoms with van der Waals surface area (Å²) in [5, 5.41) is 16.2. The molecule has 9 nitrogen and oxygen atoms in total. The van der Waals surface area contributed by atoms with Gasteiger partial charge in [0.05, 0.1) is 13.2 Å². The third-order valence-electron chi connectivity index (χ3n) is 7.85. The first-order valence-electron chi connectivity index (χ1n) is 12.5. The molecule has 0 unspecified atom stereocenters. The number of nitriles is 1. The Morgan fingerprint density at radius 3 is 2.77 bits per heavy atom. The summed E-state index contributed by atoms with van der Waals surface area (Å²) < 4.78 is 5.43. The molecular weight excluding hydrogens is 446 g/mol. The molecule has 35 heavy (non-hydrogen) atoms. The number of ether oxygens (including phenoxy) is 1. The zero-order chi connectivity index (χ0) is 24.5. The van der Waals surface area contributed by atoms with Gasteiger partial charge in [-0.1, -0.05) is 6.07 Å². The average Bonchev–Trinajstić information content (AvgIpc) is 3.33. The number of carbonyl (C=O) groups is 3. The summed E-state index contributed by atoms with van der Waals surface area (Å²) in [5.74, 6) is -0.123. The van der Waals surface area contributed by atoms with Crippen LogP contribution in [0, 0.1) is 23.2 Å². The van der Waals surface area contributed by atoms with Gasteiger partial charge >= 0.3 is 0 Å². The summed E-state index contributed by atoms with van der Waals surface area (Å²) in [4.78, 5) is 44.3. The number of benzene rings is 1. The molecule has 4 fully saturated rings. The van der Waals surface area contributed by atoms with Gasteiger partial charge in [0.15, 0.2) is 0 Å². The lowest BCUT2D eigenvalue weighted by atomic mass is 9.74. The SMILES string of the molecule is COc1cccc2[nH]c(C(=O)N3C4CCC(CC4)[C@H]3C(=O)N[C@H](C#N)C[C@H]3CCCNC3=O)cc12. The number of fused-ring (bicyclic) bond motifs is 4. The van der Waals surface area contributed by atoms with Crippen LogP contribution in [0.3, 0.4) is 0 Å². The Labute approximate surface area is 204 Å². The molecule has 184 valence electrons. The summed E-state index contributed by atoms with van der Waals surface area (Å²) in [7, 11) is 1.59. The highest BCUT2D eigenvalue weighted by atomic mass is 16.5. The number of methoxy groups -OCH3 is 1. The molecule has 1 aromatic carbocycles. The normalized spacial score (nSPS) is 26.6. The first-order chi connectivity index (χ1) is 17.0. The number of nitrogens with one attached hydrogen (secondary N) is 3. The highest BCUT2D eigenvalue weighted by Crippen LogP contribution is 2.41. The third kappa shape index (κ3) is 4.33. The van der Waals surface area contributed by atoms with Crippen LogP contribution in [0.4, 0.5) is 0 Å². The number of hydrogen-bond acceptors (Lipinski definition) is 5. The van der Waals surface area contributed by atoms with Gasteiger partial charge < -0.3 is 25.3 Å². The molecule has 3 amide bonds. The first-order valence-corrected chi connectivity index (χ1v) is 12.5. The van der Waals surface area contributed by atoms with Gasteiger partial charge in [0, 0.05) is 29.4 Å². The average molecular weight is 478 g/mol. The van der Waals surface area contributed by atoms with E-state index in [9.17, 15) is 19.6 Å². The predicted molar refractivity (Wildman–Crippen MR) is 128 cm³/mol. The molecule has 4 heterocycles. The molecule has 0 radical (unpaired) electrons. The summed E-state index contributed by atoms with van der Waals surface area (Å²) >= 11 is 0. The number of rotatable bonds is 6. The molecule has 6 rings (SSSR count). The van der Waals surface area contributed by atoms with E-state index in [4.69, 9.17) is 4.74 Å². The van der Waals surface area contributed by atoms with E-state index in [1.807, 2.05) is 18.2 Å². The molecule has 1 aliphatic carbocycles. The summed E-state index contributed by atoms with van der Waals surface area (Å²) in [6, 6.07) is 8.12. The van der Waals surface area contributed by atoms with E-state index in [0.29, 0.717) is 24.4 Å². The standard InChI is InChI=1S/C26H31N5O4/c1-35-22-6-2-5-20-19(22)13-21(30-20)26(34)31-18-9-7-15(8-10-18)23(31)25(33)29-17(14-27)12-16-4-3-11-28-24(16)32/h2,5-6,13,15-18,23,30H,3-4,7-12H2,1H3,(H,28,32)(H,29,33)/t15?,16-,17+,18?,23+/m1/s1. The molecule has 4 aliphatic rings. The highest BCUT2D eigenvalue weighted by molar-refractivity contribution is 6.02. The maximum absolute atomic E-state index is 13.7. The van der Waals surface area contributed by atoms with E-state index in [1.54, 1.807) is 18.1 Å². The van der Waals surface area contributed by atoms with Crippen molar-refractivity contribution in [2.24, 2.45) is 11.8 Å². The monoisotopic (exact) mass is 477 g/mol. The summed E-state index contributed by atoms with van der Waals surface area (Å²) in [5.41, 5.74) is 1.22. The van der Waals surface area contributed by atoms with Crippen molar-refractivity contribution in [2.75, 3.05) is 13.7 Å². The van der Waals surface area contributed by atoms with Crippen molar-refractivity contribution in [3.63, 3.8) is 0 Å². The molecule has 3 aliphatic heterocycles. The van der Waals surface area contributed by atoms with Crippen molar-refractivity contribution >= 4 is 28.6 Å². The predicted octanol–water partition coefficient (Wildman–Crippen LogP) is 2.48. The van der Waals surface area contributed by atoms with Gasteiger partial charge in [-0.15, -0.1) is 0 Å². The van der Waals surface area contributed by atoms with E-state index >= 15 is 0 Å². The Morgan fingerprint density at radius 1 is 1.26 bits per heavy atom. The molecule has 1 aromatic heterocycles. The second kappa shape index (κ2) is 9.61. The van der Waals surface area contributed by atoms with Crippen molar-refractivity contribution in [3.05, 3.63) is 30.0 Å².